The minimum absolute atomic E-state index is 0.0419. The van der Waals surface area contributed by atoms with Crippen molar-refractivity contribution >= 4 is 10.0 Å². The molecule has 0 saturated heterocycles. The van der Waals surface area contributed by atoms with Crippen molar-refractivity contribution in [2.75, 3.05) is 26.7 Å². The van der Waals surface area contributed by atoms with Crippen molar-refractivity contribution in [1.82, 2.24) is 14.2 Å². The van der Waals surface area contributed by atoms with E-state index in [1.807, 2.05) is 26.1 Å². The summed E-state index contributed by atoms with van der Waals surface area (Å²) in [7, 11) is -1.92. The lowest BCUT2D eigenvalue weighted by atomic mass is 10.0. The van der Waals surface area contributed by atoms with Crippen molar-refractivity contribution < 1.29 is 23.4 Å². The zero-order valence-electron chi connectivity index (χ0n) is 21.0. The Morgan fingerprint density at radius 2 is 1.97 bits per heavy atom. The van der Waals surface area contributed by atoms with Gasteiger partial charge in [0.15, 0.2) is 0 Å². The Bertz CT molecular complexity index is 1170. The van der Waals surface area contributed by atoms with Gasteiger partial charge in [0, 0.05) is 49.6 Å². The molecule has 1 aliphatic heterocycles. The van der Waals surface area contributed by atoms with E-state index >= 15 is 0 Å². The molecule has 3 rings (SSSR count). The number of likely N-dealkylation sites (N-methyl/N-ethyl adjacent to an activating group) is 1. The van der Waals surface area contributed by atoms with Crippen LogP contribution in [0.2, 0.25) is 0 Å². The molecule has 2 N–H and O–H groups in total. The van der Waals surface area contributed by atoms with E-state index in [2.05, 4.69) is 21.7 Å². The highest BCUT2D eigenvalue weighted by Crippen LogP contribution is 2.34. The molecule has 35 heavy (non-hydrogen) atoms. The first-order chi connectivity index (χ1) is 16.4. The molecule has 0 radical (unpaired) electrons. The number of benzene rings is 1. The summed E-state index contributed by atoms with van der Waals surface area (Å²) >= 11 is 0. The molecular formula is C26H35N3O5S. The maximum atomic E-state index is 13.6. The second-order valence-electron chi connectivity index (χ2n) is 9.76. The highest BCUT2D eigenvalue weighted by molar-refractivity contribution is 7.89. The minimum Gasteiger partial charge on any atom is -0.487 e. The lowest BCUT2D eigenvalue weighted by molar-refractivity contribution is 0.0733. The molecule has 2 heterocycles. The third-order valence-electron chi connectivity index (χ3n) is 5.87. The van der Waals surface area contributed by atoms with Crippen LogP contribution in [0.25, 0.3) is 0 Å². The summed E-state index contributed by atoms with van der Waals surface area (Å²) in [5, 5.41) is 19.8. The van der Waals surface area contributed by atoms with Gasteiger partial charge in [0.1, 0.15) is 22.4 Å². The summed E-state index contributed by atoms with van der Waals surface area (Å²) in [6.07, 6.45) is 3.19. The molecule has 190 valence electrons. The van der Waals surface area contributed by atoms with Crippen LogP contribution in [-0.2, 0) is 16.6 Å². The van der Waals surface area contributed by atoms with Crippen molar-refractivity contribution in [3.8, 4) is 17.6 Å². The lowest BCUT2D eigenvalue weighted by Crippen LogP contribution is -2.49. The number of rotatable bonds is 6. The van der Waals surface area contributed by atoms with Crippen LogP contribution in [0, 0.1) is 17.8 Å². The number of pyridine rings is 1. The third kappa shape index (κ3) is 7.03. The van der Waals surface area contributed by atoms with Gasteiger partial charge in [-0.25, -0.2) is 8.42 Å². The molecule has 9 heteroatoms. The van der Waals surface area contributed by atoms with Crippen molar-refractivity contribution in [3.05, 3.63) is 53.9 Å². The Kier molecular flexibility index (Phi) is 8.57. The summed E-state index contributed by atoms with van der Waals surface area (Å²) in [6.45, 7) is 8.00. The molecule has 0 amide bonds. The lowest BCUT2D eigenvalue weighted by Gasteiger charge is -2.37. The summed E-state index contributed by atoms with van der Waals surface area (Å²) in [6, 6.07) is 8.04. The van der Waals surface area contributed by atoms with Gasteiger partial charge in [-0.2, -0.15) is 4.31 Å². The van der Waals surface area contributed by atoms with E-state index in [0.29, 0.717) is 18.7 Å². The van der Waals surface area contributed by atoms with Gasteiger partial charge in [-0.15, -0.1) is 0 Å². The zero-order chi connectivity index (χ0) is 25.8. The maximum Gasteiger partial charge on any atom is 0.247 e. The molecule has 0 aliphatic carbocycles. The normalized spacial score (nSPS) is 21.1. The van der Waals surface area contributed by atoms with Gasteiger partial charge in [0.2, 0.25) is 10.0 Å². The van der Waals surface area contributed by atoms with Crippen LogP contribution in [-0.4, -0.2) is 77.3 Å². The Hall–Kier alpha value is -2.48. The Balaban J connectivity index is 2.00. The molecule has 2 aromatic rings. The second-order valence-corrected chi connectivity index (χ2v) is 11.6. The number of aliphatic hydroxyl groups is 2. The Morgan fingerprint density at radius 1 is 1.29 bits per heavy atom. The van der Waals surface area contributed by atoms with E-state index in [0.717, 1.165) is 5.56 Å². The van der Waals surface area contributed by atoms with Crippen LogP contribution >= 0.6 is 0 Å². The standard InChI is InChI=1S/C26H35N3O5S/c1-19-15-29(20(2)18-30)35(32,33)25-7-6-21(8-11-26(3,4)31)14-23(25)34-24(19)17-28(5)16-22-9-12-27-13-10-22/h6-7,9-10,12-14,19-20,24,30-31H,15-18H2,1-5H3/t19-,20+,24+/m0/s1. The fraction of sp³-hybridized carbons (Fsp3) is 0.500. The Labute approximate surface area is 208 Å². The number of nitrogens with zero attached hydrogens (tertiary/aromatic N) is 3. The fourth-order valence-corrected chi connectivity index (χ4v) is 5.74. The monoisotopic (exact) mass is 501 g/mol. The number of hydrogen-bond donors (Lipinski definition) is 2. The smallest absolute Gasteiger partial charge is 0.247 e. The second kappa shape index (κ2) is 11.1. The van der Waals surface area contributed by atoms with E-state index in [1.54, 1.807) is 45.3 Å². The van der Waals surface area contributed by atoms with Gasteiger partial charge >= 0.3 is 0 Å². The molecule has 0 bridgehead atoms. The van der Waals surface area contributed by atoms with Crippen LogP contribution in [0.5, 0.6) is 5.75 Å². The number of ether oxygens (including phenoxy) is 1. The minimum atomic E-state index is -3.92. The molecule has 8 nitrogen and oxygen atoms in total. The number of fused-ring (bicyclic) bond motifs is 1. The predicted octanol–water partition coefficient (Wildman–Crippen LogP) is 2.10. The largest absolute Gasteiger partial charge is 0.487 e. The molecule has 1 aromatic carbocycles. The van der Waals surface area contributed by atoms with Crippen molar-refractivity contribution in [2.45, 2.75) is 56.9 Å². The molecule has 0 saturated carbocycles. The van der Waals surface area contributed by atoms with Crippen molar-refractivity contribution in [1.29, 1.82) is 0 Å². The fourth-order valence-electron chi connectivity index (χ4n) is 3.92. The average Bonchev–Trinajstić information content (AvgIpc) is 2.79. The molecule has 3 atom stereocenters. The number of aliphatic hydroxyl groups excluding tert-OH is 1. The van der Waals surface area contributed by atoms with Gasteiger partial charge in [-0.3, -0.25) is 9.88 Å². The van der Waals surface area contributed by atoms with E-state index in [1.165, 1.54) is 10.4 Å². The molecule has 1 aromatic heterocycles. The molecule has 0 fully saturated rings. The van der Waals surface area contributed by atoms with Crippen LogP contribution in [0.1, 0.15) is 38.8 Å². The van der Waals surface area contributed by atoms with Gasteiger partial charge in [-0.05, 0) is 63.7 Å². The van der Waals surface area contributed by atoms with Crippen LogP contribution in [0.4, 0.5) is 0 Å². The van der Waals surface area contributed by atoms with E-state index in [4.69, 9.17) is 4.74 Å². The van der Waals surface area contributed by atoms with E-state index in [-0.39, 0.29) is 35.8 Å². The number of sulfonamides is 1. The first-order valence-corrected chi connectivity index (χ1v) is 13.1. The van der Waals surface area contributed by atoms with E-state index < -0.39 is 21.7 Å². The third-order valence-corrected chi connectivity index (χ3v) is 7.89. The average molecular weight is 502 g/mol. The van der Waals surface area contributed by atoms with Crippen molar-refractivity contribution in [2.24, 2.45) is 5.92 Å². The van der Waals surface area contributed by atoms with Crippen LogP contribution < -0.4 is 4.74 Å². The van der Waals surface area contributed by atoms with Crippen LogP contribution in [0.15, 0.2) is 47.6 Å². The quantitative estimate of drug-likeness (QED) is 0.585. The molecule has 1 aliphatic rings. The summed E-state index contributed by atoms with van der Waals surface area (Å²) < 4.78 is 34.9. The summed E-state index contributed by atoms with van der Waals surface area (Å²) in [5.41, 5.74) is 0.473. The van der Waals surface area contributed by atoms with Crippen molar-refractivity contribution in [3.63, 3.8) is 0 Å². The first-order valence-electron chi connectivity index (χ1n) is 11.7. The van der Waals surface area contributed by atoms with Gasteiger partial charge < -0.3 is 14.9 Å². The Morgan fingerprint density at radius 3 is 2.60 bits per heavy atom. The van der Waals surface area contributed by atoms with Gasteiger partial charge in [-0.1, -0.05) is 18.8 Å². The SMILES string of the molecule is C[C@H](CO)N1C[C@H](C)[C@@H](CN(C)Cc2ccncc2)Oc2cc(C#CC(C)(C)O)ccc2S1(=O)=O. The highest BCUT2D eigenvalue weighted by atomic mass is 32.2. The predicted molar refractivity (Wildman–Crippen MR) is 134 cm³/mol. The number of hydrogen-bond acceptors (Lipinski definition) is 7. The number of aromatic nitrogens is 1. The molecular weight excluding hydrogens is 466 g/mol. The highest BCUT2D eigenvalue weighted by Gasteiger charge is 2.38. The summed E-state index contributed by atoms with van der Waals surface area (Å²) in [4.78, 5) is 6.23. The first kappa shape index (κ1) is 27.1. The summed E-state index contributed by atoms with van der Waals surface area (Å²) in [5.74, 6) is 5.72. The molecule has 0 spiro atoms. The molecule has 0 unspecified atom stereocenters. The maximum absolute atomic E-state index is 13.6. The zero-order valence-corrected chi connectivity index (χ0v) is 21.8. The van der Waals surface area contributed by atoms with Crippen LogP contribution in [0.3, 0.4) is 0 Å². The topological polar surface area (TPSA) is 103 Å². The van der Waals surface area contributed by atoms with E-state index in [9.17, 15) is 18.6 Å². The van der Waals surface area contributed by atoms with Gasteiger partial charge in [0.05, 0.1) is 6.61 Å². The van der Waals surface area contributed by atoms with Gasteiger partial charge in [0.25, 0.3) is 0 Å².